The number of rotatable bonds is 9. The first kappa shape index (κ1) is 16.4. The number of amides is 1. The molecule has 7 nitrogen and oxygen atoms in total. The summed E-state index contributed by atoms with van der Waals surface area (Å²) in [4.78, 5) is 33.1. The van der Waals surface area contributed by atoms with Crippen LogP contribution in [0.1, 0.15) is 26.2 Å². The lowest BCUT2D eigenvalue weighted by Gasteiger charge is -2.13. The molecule has 18 heavy (non-hydrogen) atoms. The van der Waals surface area contributed by atoms with E-state index in [0.717, 1.165) is 6.42 Å². The molecule has 1 atom stereocenters. The first-order chi connectivity index (χ1) is 8.51. The molecular weight excluding hydrogens is 242 g/mol. The van der Waals surface area contributed by atoms with Crippen molar-refractivity contribution < 1.29 is 29.0 Å². The fourth-order valence-electron chi connectivity index (χ4n) is 1.17. The van der Waals surface area contributed by atoms with Crippen LogP contribution in [0.25, 0.3) is 0 Å². The van der Waals surface area contributed by atoms with E-state index in [4.69, 9.17) is 9.84 Å². The standard InChI is InChI=1S/C11H19NO6/c1-3-6-18-7-9(13)12-8(11(15)16)4-5-10(14)17-2/h8H,3-7H2,1-2H3,(H,12,13)(H,15,16)/t8-/m1/s1. The molecule has 0 aliphatic carbocycles. The third kappa shape index (κ3) is 7.61. The Balaban J connectivity index is 4.06. The summed E-state index contributed by atoms with van der Waals surface area (Å²) < 4.78 is 9.37. The number of carboxylic acid groups (broad SMARTS) is 1. The maximum absolute atomic E-state index is 11.3. The van der Waals surface area contributed by atoms with E-state index in [9.17, 15) is 14.4 Å². The third-order valence-electron chi connectivity index (χ3n) is 2.08. The molecule has 0 radical (unpaired) electrons. The number of carbonyl (C=O) groups is 3. The van der Waals surface area contributed by atoms with Crippen LogP contribution in [-0.4, -0.2) is 49.3 Å². The Kier molecular flexibility index (Phi) is 8.55. The van der Waals surface area contributed by atoms with Gasteiger partial charge in [-0.05, 0) is 12.8 Å². The van der Waals surface area contributed by atoms with Gasteiger partial charge in [0.1, 0.15) is 12.6 Å². The van der Waals surface area contributed by atoms with Gasteiger partial charge in [0.25, 0.3) is 0 Å². The van der Waals surface area contributed by atoms with E-state index in [1.807, 2.05) is 6.92 Å². The zero-order valence-electron chi connectivity index (χ0n) is 10.6. The Hall–Kier alpha value is -1.63. The summed E-state index contributed by atoms with van der Waals surface area (Å²) >= 11 is 0. The molecule has 0 saturated heterocycles. The second-order valence-corrected chi connectivity index (χ2v) is 3.63. The van der Waals surface area contributed by atoms with Gasteiger partial charge in [-0.25, -0.2) is 4.79 Å². The quantitative estimate of drug-likeness (QED) is 0.445. The highest BCUT2D eigenvalue weighted by atomic mass is 16.5. The molecule has 0 aromatic rings. The van der Waals surface area contributed by atoms with Gasteiger partial charge in [0.2, 0.25) is 5.91 Å². The summed E-state index contributed by atoms with van der Waals surface area (Å²) in [5.41, 5.74) is 0. The van der Waals surface area contributed by atoms with Crippen molar-refractivity contribution in [1.29, 1.82) is 0 Å². The van der Waals surface area contributed by atoms with Gasteiger partial charge in [-0.1, -0.05) is 6.92 Å². The van der Waals surface area contributed by atoms with Crippen LogP contribution < -0.4 is 5.32 Å². The summed E-state index contributed by atoms with van der Waals surface area (Å²) in [6.07, 6.45) is 0.697. The molecular formula is C11H19NO6. The van der Waals surface area contributed by atoms with E-state index >= 15 is 0 Å². The van der Waals surface area contributed by atoms with Crippen molar-refractivity contribution in [3.63, 3.8) is 0 Å². The van der Waals surface area contributed by atoms with E-state index in [2.05, 4.69) is 10.1 Å². The van der Waals surface area contributed by atoms with Crippen LogP contribution in [0, 0.1) is 0 Å². The maximum Gasteiger partial charge on any atom is 0.326 e. The Labute approximate surface area is 105 Å². The average Bonchev–Trinajstić information content (AvgIpc) is 2.33. The van der Waals surface area contributed by atoms with Crippen molar-refractivity contribution in [2.75, 3.05) is 20.3 Å². The van der Waals surface area contributed by atoms with Gasteiger partial charge in [-0.15, -0.1) is 0 Å². The van der Waals surface area contributed by atoms with E-state index in [-0.39, 0.29) is 19.4 Å². The Morgan fingerprint density at radius 1 is 1.33 bits per heavy atom. The van der Waals surface area contributed by atoms with Crippen LogP contribution >= 0.6 is 0 Å². The summed E-state index contributed by atoms with van der Waals surface area (Å²) in [5.74, 6) is -2.22. The monoisotopic (exact) mass is 261 g/mol. The molecule has 0 saturated carbocycles. The van der Waals surface area contributed by atoms with Crippen molar-refractivity contribution in [2.45, 2.75) is 32.2 Å². The van der Waals surface area contributed by atoms with Crippen LogP contribution in [0.3, 0.4) is 0 Å². The normalized spacial score (nSPS) is 11.7. The fraction of sp³-hybridized carbons (Fsp3) is 0.727. The number of carboxylic acids is 1. The van der Waals surface area contributed by atoms with Crippen LogP contribution in [0.15, 0.2) is 0 Å². The number of aliphatic carboxylic acids is 1. The fourth-order valence-corrected chi connectivity index (χ4v) is 1.17. The van der Waals surface area contributed by atoms with Gasteiger partial charge < -0.3 is 19.9 Å². The maximum atomic E-state index is 11.3. The van der Waals surface area contributed by atoms with Gasteiger partial charge in [0.15, 0.2) is 0 Å². The SMILES string of the molecule is CCCOCC(=O)N[C@H](CCC(=O)OC)C(=O)O. The molecule has 0 spiro atoms. The third-order valence-corrected chi connectivity index (χ3v) is 2.08. The summed E-state index contributed by atoms with van der Waals surface area (Å²) in [6.45, 7) is 2.15. The molecule has 1 amide bonds. The predicted molar refractivity (Wildman–Crippen MR) is 61.9 cm³/mol. The first-order valence-corrected chi connectivity index (χ1v) is 5.68. The van der Waals surface area contributed by atoms with Gasteiger partial charge in [-0.2, -0.15) is 0 Å². The molecule has 0 aromatic heterocycles. The number of esters is 1. The largest absolute Gasteiger partial charge is 0.480 e. The number of methoxy groups -OCH3 is 1. The summed E-state index contributed by atoms with van der Waals surface area (Å²) in [5, 5.41) is 11.2. The molecule has 0 unspecified atom stereocenters. The molecule has 0 rings (SSSR count). The van der Waals surface area contributed by atoms with E-state index in [1.54, 1.807) is 0 Å². The second kappa shape index (κ2) is 9.41. The van der Waals surface area contributed by atoms with Crippen molar-refractivity contribution in [3.05, 3.63) is 0 Å². The van der Waals surface area contributed by atoms with Crippen molar-refractivity contribution in [2.24, 2.45) is 0 Å². The van der Waals surface area contributed by atoms with Gasteiger partial charge in [0.05, 0.1) is 7.11 Å². The minimum atomic E-state index is -1.19. The number of nitrogens with one attached hydrogen (secondary N) is 1. The first-order valence-electron chi connectivity index (χ1n) is 5.68. The molecule has 0 aliphatic rings. The van der Waals surface area contributed by atoms with E-state index in [0.29, 0.717) is 6.61 Å². The van der Waals surface area contributed by atoms with Crippen molar-refractivity contribution >= 4 is 17.8 Å². The topological polar surface area (TPSA) is 102 Å². The Bertz CT molecular complexity index is 291. The molecule has 0 heterocycles. The van der Waals surface area contributed by atoms with Crippen molar-refractivity contribution in [3.8, 4) is 0 Å². The zero-order valence-corrected chi connectivity index (χ0v) is 10.6. The number of ether oxygens (including phenoxy) is 2. The predicted octanol–water partition coefficient (Wildman–Crippen LogP) is -0.0644. The van der Waals surface area contributed by atoms with Crippen LogP contribution in [0.2, 0.25) is 0 Å². The average molecular weight is 261 g/mol. The highest BCUT2D eigenvalue weighted by Crippen LogP contribution is 1.99. The molecule has 0 fully saturated rings. The minimum Gasteiger partial charge on any atom is -0.480 e. The van der Waals surface area contributed by atoms with E-state index < -0.39 is 23.9 Å². The molecule has 0 aliphatic heterocycles. The highest BCUT2D eigenvalue weighted by molar-refractivity contribution is 5.84. The minimum absolute atomic E-state index is 0.0124. The van der Waals surface area contributed by atoms with Gasteiger partial charge in [0, 0.05) is 13.0 Å². The lowest BCUT2D eigenvalue weighted by atomic mass is 10.1. The lowest BCUT2D eigenvalue weighted by Crippen LogP contribution is -2.42. The second-order valence-electron chi connectivity index (χ2n) is 3.63. The number of hydrogen-bond donors (Lipinski definition) is 2. The Morgan fingerprint density at radius 3 is 2.50 bits per heavy atom. The summed E-state index contributed by atoms with van der Waals surface area (Å²) in [7, 11) is 1.22. The Morgan fingerprint density at radius 2 is 2.00 bits per heavy atom. The highest BCUT2D eigenvalue weighted by Gasteiger charge is 2.21. The van der Waals surface area contributed by atoms with Crippen LogP contribution in [0.5, 0.6) is 0 Å². The van der Waals surface area contributed by atoms with Crippen LogP contribution in [0.4, 0.5) is 0 Å². The van der Waals surface area contributed by atoms with Crippen molar-refractivity contribution in [1.82, 2.24) is 5.32 Å². The van der Waals surface area contributed by atoms with Gasteiger partial charge >= 0.3 is 11.9 Å². The summed E-state index contributed by atoms with van der Waals surface area (Å²) in [6, 6.07) is -1.11. The van der Waals surface area contributed by atoms with E-state index in [1.165, 1.54) is 7.11 Å². The number of hydrogen-bond acceptors (Lipinski definition) is 5. The molecule has 0 aromatic carbocycles. The number of carbonyl (C=O) groups excluding carboxylic acids is 2. The lowest BCUT2D eigenvalue weighted by molar-refractivity contribution is -0.144. The van der Waals surface area contributed by atoms with Crippen LogP contribution in [-0.2, 0) is 23.9 Å². The molecule has 2 N–H and O–H groups in total. The smallest absolute Gasteiger partial charge is 0.326 e. The molecule has 7 heteroatoms. The molecule has 0 bridgehead atoms. The van der Waals surface area contributed by atoms with Gasteiger partial charge in [-0.3, -0.25) is 9.59 Å². The molecule has 104 valence electrons. The zero-order chi connectivity index (χ0) is 14.0.